The smallest absolute Gasteiger partial charge is 0.164 e. The summed E-state index contributed by atoms with van der Waals surface area (Å²) in [7, 11) is 0. The largest absolute Gasteiger partial charge is 0.309 e. The van der Waals surface area contributed by atoms with Gasteiger partial charge in [0.15, 0.2) is 5.65 Å². The third kappa shape index (κ3) is 4.15. The number of benzene rings is 6. The monoisotopic (exact) mass is 588 g/mol. The summed E-state index contributed by atoms with van der Waals surface area (Å²) in [5.41, 5.74) is 14.3. The first-order chi connectivity index (χ1) is 22.8. The lowest BCUT2D eigenvalue weighted by Crippen LogP contribution is -2.10. The number of anilines is 3. The van der Waals surface area contributed by atoms with Gasteiger partial charge in [0.25, 0.3) is 0 Å². The van der Waals surface area contributed by atoms with Gasteiger partial charge in [-0.05, 0) is 71.3 Å². The van der Waals surface area contributed by atoms with E-state index in [0.717, 1.165) is 56.4 Å². The Hall–Kier alpha value is -6.26. The quantitative estimate of drug-likeness (QED) is 0.205. The molecule has 0 radical (unpaired) electrons. The van der Waals surface area contributed by atoms with Crippen molar-refractivity contribution in [1.29, 1.82) is 0 Å². The standard InChI is InChI=1S/C42H28N4/c1-2-13-29(14-3-1)32-15-6-9-21-38(32)46-41(44-37-20-12-28-43-42(37)46)30-24-26-31(27-25-30)45-39-22-10-7-18-35(39)33-16-4-5-17-34(33)36-19-8-11-23-40(36)45/h1-28H. The van der Waals surface area contributed by atoms with Crippen LogP contribution in [0, 0.1) is 0 Å². The molecule has 0 N–H and O–H groups in total. The molecule has 8 aromatic rings. The molecular weight excluding hydrogens is 560 g/mol. The summed E-state index contributed by atoms with van der Waals surface area (Å²) in [4.78, 5) is 12.3. The molecule has 1 aliphatic rings. The van der Waals surface area contributed by atoms with Crippen LogP contribution in [0.5, 0.6) is 0 Å². The van der Waals surface area contributed by atoms with E-state index in [2.05, 4.69) is 155 Å². The Morgan fingerprint density at radius 2 is 0.935 bits per heavy atom. The Morgan fingerprint density at radius 3 is 1.59 bits per heavy atom. The molecule has 0 aliphatic carbocycles. The van der Waals surface area contributed by atoms with Gasteiger partial charge in [-0.2, -0.15) is 0 Å². The lowest BCUT2D eigenvalue weighted by atomic mass is 9.95. The van der Waals surface area contributed by atoms with E-state index in [1.807, 2.05) is 24.4 Å². The third-order valence-electron chi connectivity index (χ3n) is 8.83. The van der Waals surface area contributed by atoms with Gasteiger partial charge in [0.05, 0.1) is 17.1 Å². The van der Waals surface area contributed by atoms with Gasteiger partial charge < -0.3 is 4.90 Å². The van der Waals surface area contributed by atoms with Crippen LogP contribution in [0.1, 0.15) is 0 Å². The van der Waals surface area contributed by atoms with Crippen LogP contribution in [0.4, 0.5) is 17.1 Å². The molecule has 9 rings (SSSR count). The number of pyridine rings is 1. The highest BCUT2D eigenvalue weighted by Crippen LogP contribution is 2.50. The second-order valence-corrected chi connectivity index (χ2v) is 11.5. The first-order valence-electron chi connectivity index (χ1n) is 15.5. The Kier molecular flexibility index (Phi) is 6.10. The fraction of sp³-hybridized carbons (Fsp3) is 0. The highest BCUT2D eigenvalue weighted by molar-refractivity contribution is 6.02. The maximum absolute atomic E-state index is 5.14. The topological polar surface area (TPSA) is 34.0 Å². The van der Waals surface area contributed by atoms with Crippen LogP contribution < -0.4 is 4.90 Å². The number of nitrogens with zero attached hydrogens (tertiary/aromatic N) is 4. The number of aromatic nitrogens is 3. The van der Waals surface area contributed by atoms with Crippen molar-refractivity contribution in [2.24, 2.45) is 0 Å². The van der Waals surface area contributed by atoms with Crippen LogP contribution in [0.25, 0.3) is 61.6 Å². The molecule has 6 aromatic carbocycles. The molecule has 4 heteroatoms. The molecule has 0 atom stereocenters. The van der Waals surface area contributed by atoms with E-state index >= 15 is 0 Å². The van der Waals surface area contributed by atoms with Gasteiger partial charge in [-0.1, -0.05) is 109 Å². The summed E-state index contributed by atoms with van der Waals surface area (Å²) >= 11 is 0. The summed E-state index contributed by atoms with van der Waals surface area (Å²) < 4.78 is 2.19. The molecule has 0 unspecified atom stereocenters. The average Bonchev–Trinajstić information content (AvgIpc) is 3.47. The molecule has 0 saturated heterocycles. The van der Waals surface area contributed by atoms with E-state index in [1.54, 1.807) is 0 Å². The first-order valence-corrected chi connectivity index (χ1v) is 15.5. The summed E-state index contributed by atoms with van der Waals surface area (Å²) in [5, 5.41) is 0. The van der Waals surface area contributed by atoms with Gasteiger partial charge in [0, 0.05) is 34.1 Å². The second kappa shape index (κ2) is 10.7. The third-order valence-corrected chi connectivity index (χ3v) is 8.83. The SMILES string of the molecule is c1ccc(-c2ccccc2-n2c(-c3ccc(N4c5ccccc5-c5ccccc5-c5ccccc54)cc3)nc3cccnc32)cc1. The van der Waals surface area contributed by atoms with E-state index in [9.17, 15) is 0 Å². The second-order valence-electron chi connectivity index (χ2n) is 11.5. The van der Waals surface area contributed by atoms with Crippen molar-refractivity contribution in [2.45, 2.75) is 0 Å². The highest BCUT2D eigenvalue weighted by atomic mass is 15.2. The summed E-state index contributed by atoms with van der Waals surface area (Å²) in [5.74, 6) is 0.854. The number of fused-ring (bicyclic) bond motifs is 6. The molecule has 0 fully saturated rings. The minimum Gasteiger partial charge on any atom is -0.309 e. The van der Waals surface area contributed by atoms with E-state index in [1.165, 1.54) is 22.3 Å². The van der Waals surface area contributed by atoms with Gasteiger partial charge >= 0.3 is 0 Å². The van der Waals surface area contributed by atoms with Crippen molar-refractivity contribution >= 4 is 28.2 Å². The van der Waals surface area contributed by atoms with E-state index in [0.29, 0.717) is 0 Å². The van der Waals surface area contributed by atoms with E-state index < -0.39 is 0 Å². The zero-order chi connectivity index (χ0) is 30.5. The summed E-state index contributed by atoms with van der Waals surface area (Å²) in [6, 6.07) is 57.8. The predicted octanol–water partition coefficient (Wildman–Crippen LogP) is 10.9. The van der Waals surface area contributed by atoms with Crippen molar-refractivity contribution < 1.29 is 0 Å². The zero-order valence-corrected chi connectivity index (χ0v) is 25.0. The molecule has 46 heavy (non-hydrogen) atoms. The predicted molar refractivity (Wildman–Crippen MR) is 189 cm³/mol. The number of rotatable bonds is 4. The maximum atomic E-state index is 5.14. The molecule has 0 bridgehead atoms. The van der Waals surface area contributed by atoms with Gasteiger partial charge in [-0.25, -0.2) is 9.97 Å². The number of hydrogen-bond donors (Lipinski definition) is 0. The van der Waals surface area contributed by atoms with Gasteiger partial charge in [-0.3, -0.25) is 4.57 Å². The Morgan fingerprint density at radius 1 is 0.391 bits per heavy atom. The molecule has 2 aromatic heterocycles. The lowest BCUT2D eigenvalue weighted by Gasteiger charge is -2.27. The molecular formula is C42H28N4. The van der Waals surface area contributed by atoms with Crippen LogP contribution in [0.3, 0.4) is 0 Å². The molecule has 1 aliphatic heterocycles. The fourth-order valence-electron chi connectivity index (χ4n) is 6.78. The van der Waals surface area contributed by atoms with E-state index in [4.69, 9.17) is 9.97 Å². The van der Waals surface area contributed by atoms with Crippen molar-refractivity contribution in [3.05, 3.63) is 170 Å². The normalized spacial score (nSPS) is 11.9. The zero-order valence-electron chi connectivity index (χ0n) is 25.0. The summed E-state index contributed by atoms with van der Waals surface area (Å²) in [6.07, 6.45) is 1.84. The van der Waals surface area contributed by atoms with Crippen LogP contribution in [-0.4, -0.2) is 14.5 Å². The molecule has 3 heterocycles. The molecule has 216 valence electrons. The van der Waals surface area contributed by atoms with Crippen LogP contribution >= 0.6 is 0 Å². The highest BCUT2D eigenvalue weighted by Gasteiger charge is 2.26. The Balaban J connectivity index is 1.22. The number of imidazole rings is 1. The maximum Gasteiger partial charge on any atom is 0.164 e. The fourth-order valence-corrected chi connectivity index (χ4v) is 6.78. The Labute approximate surface area is 267 Å². The van der Waals surface area contributed by atoms with Crippen LogP contribution in [0.15, 0.2) is 170 Å². The Bertz CT molecular complexity index is 2300. The van der Waals surface area contributed by atoms with Crippen molar-refractivity contribution in [3.8, 4) is 50.5 Å². The molecule has 0 amide bonds. The minimum atomic E-state index is 0.832. The number of hydrogen-bond acceptors (Lipinski definition) is 3. The van der Waals surface area contributed by atoms with Crippen molar-refractivity contribution in [3.63, 3.8) is 0 Å². The van der Waals surface area contributed by atoms with Crippen molar-refractivity contribution in [2.75, 3.05) is 4.90 Å². The van der Waals surface area contributed by atoms with Crippen molar-refractivity contribution in [1.82, 2.24) is 14.5 Å². The summed E-state index contributed by atoms with van der Waals surface area (Å²) in [6.45, 7) is 0. The lowest BCUT2D eigenvalue weighted by molar-refractivity contribution is 1.08. The molecule has 0 saturated carbocycles. The molecule has 0 spiro atoms. The van der Waals surface area contributed by atoms with Gasteiger partial charge in [0.2, 0.25) is 0 Å². The van der Waals surface area contributed by atoms with Gasteiger partial charge in [-0.15, -0.1) is 0 Å². The number of para-hydroxylation sites is 3. The minimum absolute atomic E-state index is 0.832. The van der Waals surface area contributed by atoms with E-state index in [-0.39, 0.29) is 0 Å². The first kappa shape index (κ1) is 26.2. The van der Waals surface area contributed by atoms with Gasteiger partial charge in [0.1, 0.15) is 11.3 Å². The average molecular weight is 589 g/mol. The van der Waals surface area contributed by atoms with Crippen LogP contribution in [0.2, 0.25) is 0 Å². The molecule has 4 nitrogen and oxygen atoms in total. The van der Waals surface area contributed by atoms with Crippen LogP contribution in [-0.2, 0) is 0 Å².